The van der Waals surface area contributed by atoms with Crippen LogP contribution in [-0.4, -0.2) is 37.4 Å². The number of amides is 1. The van der Waals surface area contributed by atoms with Gasteiger partial charge in [-0.15, -0.1) is 5.10 Å². The van der Waals surface area contributed by atoms with Gasteiger partial charge in [-0.1, -0.05) is 29.3 Å². The zero-order valence-electron chi connectivity index (χ0n) is 15.3. The lowest BCUT2D eigenvalue weighted by Gasteiger charge is -2.19. The third kappa shape index (κ3) is 4.14. The van der Waals surface area contributed by atoms with Crippen LogP contribution >= 0.6 is 23.2 Å². The molecule has 0 aliphatic carbocycles. The molecule has 1 aromatic carbocycles. The van der Waals surface area contributed by atoms with Crippen molar-refractivity contribution in [3.05, 3.63) is 50.8 Å². The predicted octanol–water partition coefficient (Wildman–Crippen LogP) is 3.22. The number of halogens is 2. The fourth-order valence-corrected chi connectivity index (χ4v) is 3.47. The maximum Gasteiger partial charge on any atom is 0.254 e. The SMILES string of the molecule is Cc1nc2nc(N)nn2c(C)c1CCC(=O)N(C)Cc1ccc(Cl)cc1Cl. The molecule has 0 saturated heterocycles. The molecule has 2 N–H and O–H groups in total. The Hall–Kier alpha value is -2.38. The maximum absolute atomic E-state index is 12.6. The highest BCUT2D eigenvalue weighted by Crippen LogP contribution is 2.22. The first-order valence-electron chi connectivity index (χ1n) is 8.42. The van der Waals surface area contributed by atoms with E-state index in [4.69, 9.17) is 28.9 Å². The third-order valence-electron chi connectivity index (χ3n) is 4.50. The molecule has 2 heterocycles. The zero-order valence-corrected chi connectivity index (χ0v) is 16.8. The molecule has 0 aliphatic rings. The van der Waals surface area contributed by atoms with E-state index in [1.165, 1.54) is 0 Å². The highest BCUT2D eigenvalue weighted by molar-refractivity contribution is 6.35. The molecule has 0 radical (unpaired) electrons. The van der Waals surface area contributed by atoms with Crippen LogP contribution in [0.1, 0.15) is 28.9 Å². The number of rotatable bonds is 5. The molecule has 27 heavy (non-hydrogen) atoms. The fraction of sp³-hybridized carbons (Fsp3) is 0.333. The Morgan fingerprint density at radius 2 is 2.00 bits per heavy atom. The standard InChI is InChI=1S/C18H20Cl2N6O/c1-10-14(11(2)26-18(22-10)23-17(21)24-26)6-7-16(27)25(3)9-12-4-5-13(19)8-15(12)20/h4-5,8H,6-7,9H2,1-3H3,(H2,21,24). The lowest BCUT2D eigenvalue weighted by Crippen LogP contribution is -2.26. The van der Waals surface area contributed by atoms with Gasteiger partial charge in [0, 0.05) is 41.4 Å². The number of aromatic nitrogens is 4. The Bertz CT molecular complexity index is 1020. The number of carbonyl (C=O) groups is 1. The number of nitrogens with zero attached hydrogens (tertiary/aromatic N) is 5. The molecule has 1 amide bonds. The first-order chi connectivity index (χ1) is 12.8. The van der Waals surface area contributed by atoms with Gasteiger partial charge in [-0.05, 0) is 43.5 Å². The van der Waals surface area contributed by atoms with Gasteiger partial charge >= 0.3 is 0 Å². The van der Waals surface area contributed by atoms with Crippen LogP contribution in [0, 0.1) is 13.8 Å². The van der Waals surface area contributed by atoms with Crippen molar-refractivity contribution in [2.75, 3.05) is 12.8 Å². The molecule has 3 rings (SSSR count). The average Bonchev–Trinajstić information content (AvgIpc) is 2.97. The Kier molecular flexibility index (Phi) is 5.53. The molecular formula is C18H20Cl2N6O. The molecule has 0 unspecified atom stereocenters. The van der Waals surface area contributed by atoms with Crippen molar-refractivity contribution < 1.29 is 4.79 Å². The van der Waals surface area contributed by atoms with E-state index in [-0.39, 0.29) is 11.9 Å². The lowest BCUT2D eigenvalue weighted by atomic mass is 10.1. The minimum Gasteiger partial charge on any atom is -0.366 e. The van der Waals surface area contributed by atoms with E-state index in [0.717, 1.165) is 22.5 Å². The summed E-state index contributed by atoms with van der Waals surface area (Å²) in [5, 5.41) is 5.27. The summed E-state index contributed by atoms with van der Waals surface area (Å²) in [6.07, 6.45) is 0.901. The van der Waals surface area contributed by atoms with Crippen LogP contribution in [0.5, 0.6) is 0 Å². The third-order valence-corrected chi connectivity index (χ3v) is 5.09. The van der Waals surface area contributed by atoms with Gasteiger partial charge < -0.3 is 10.6 Å². The second-order valence-corrected chi connectivity index (χ2v) is 7.27. The molecule has 0 fully saturated rings. The van der Waals surface area contributed by atoms with Gasteiger partial charge in [-0.3, -0.25) is 4.79 Å². The van der Waals surface area contributed by atoms with Crippen LogP contribution in [-0.2, 0) is 17.8 Å². The summed E-state index contributed by atoms with van der Waals surface area (Å²) in [6, 6.07) is 5.27. The minimum absolute atomic E-state index is 0.0121. The molecule has 0 spiro atoms. The quantitative estimate of drug-likeness (QED) is 0.702. The highest BCUT2D eigenvalue weighted by atomic mass is 35.5. The van der Waals surface area contributed by atoms with Crippen molar-refractivity contribution in [3.8, 4) is 0 Å². The number of aryl methyl sites for hydroxylation is 2. The second-order valence-electron chi connectivity index (χ2n) is 6.43. The number of benzene rings is 1. The Labute approximate surface area is 167 Å². The fourth-order valence-electron chi connectivity index (χ4n) is 3.00. The van der Waals surface area contributed by atoms with Gasteiger partial charge in [-0.2, -0.15) is 9.50 Å². The van der Waals surface area contributed by atoms with Crippen molar-refractivity contribution in [1.29, 1.82) is 0 Å². The van der Waals surface area contributed by atoms with Crippen LogP contribution in [0.25, 0.3) is 5.78 Å². The van der Waals surface area contributed by atoms with Crippen molar-refractivity contribution in [2.45, 2.75) is 33.2 Å². The van der Waals surface area contributed by atoms with E-state index < -0.39 is 0 Å². The number of hydrogen-bond acceptors (Lipinski definition) is 5. The Balaban J connectivity index is 1.70. The van der Waals surface area contributed by atoms with Crippen molar-refractivity contribution in [2.24, 2.45) is 0 Å². The van der Waals surface area contributed by atoms with E-state index in [2.05, 4.69) is 15.1 Å². The molecule has 0 aliphatic heterocycles. The summed E-state index contributed by atoms with van der Waals surface area (Å²) >= 11 is 12.1. The van der Waals surface area contributed by atoms with Gasteiger partial charge in [-0.25, -0.2) is 4.98 Å². The predicted molar refractivity (Wildman–Crippen MR) is 106 cm³/mol. The normalized spacial score (nSPS) is 11.1. The molecule has 0 atom stereocenters. The zero-order chi connectivity index (χ0) is 19.7. The van der Waals surface area contributed by atoms with E-state index in [1.807, 2.05) is 19.9 Å². The van der Waals surface area contributed by atoms with Crippen LogP contribution in [0.3, 0.4) is 0 Å². The summed E-state index contributed by atoms with van der Waals surface area (Å²) in [5.74, 6) is 0.655. The average molecular weight is 407 g/mol. The van der Waals surface area contributed by atoms with Crippen molar-refractivity contribution in [1.82, 2.24) is 24.5 Å². The van der Waals surface area contributed by atoms with E-state index in [0.29, 0.717) is 35.2 Å². The number of anilines is 1. The molecule has 2 aromatic heterocycles. The summed E-state index contributed by atoms with van der Waals surface area (Å²) in [7, 11) is 1.76. The minimum atomic E-state index is 0.0121. The topological polar surface area (TPSA) is 89.4 Å². The summed E-state index contributed by atoms with van der Waals surface area (Å²) in [4.78, 5) is 22.7. The first kappa shape index (κ1) is 19.4. The van der Waals surface area contributed by atoms with Gasteiger partial charge in [0.1, 0.15) is 0 Å². The second kappa shape index (κ2) is 7.70. The van der Waals surface area contributed by atoms with Crippen molar-refractivity contribution in [3.63, 3.8) is 0 Å². The number of nitrogen functional groups attached to an aromatic ring is 1. The molecule has 9 heteroatoms. The number of carbonyl (C=O) groups excluding carboxylic acids is 1. The van der Waals surface area contributed by atoms with E-state index in [1.54, 1.807) is 28.6 Å². The van der Waals surface area contributed by atoms with Crippen molar-refractivity contribution >= 4 is 40.8 Å². The van der Waals surface area contributed by atoms with Crippen LogP contribution in [0.4, 0.5) is 5.95 Å². The molecule has 3 aromatic rings. The van der Waals surface area contributed by atoms with Crippen LogP contribution in [0.2, 0.25) is 10.0 Å². The number of fused-ring (bicyclic) bond motifs is 1. The van der Waals surface area contributed by atoms with Crippen LogP contribution < -0.4 is 5.73 Å². The molecule has 0 saturated carbocycles. The molecule has 0 bridgehead atoms. The van der Waals surface area contributed by atoms with E-state index in [9.17, 15) is 4.79 Å². The first-order valence-corrected chi connectivity index (χ1v) is 9.18. The monoisotopic (exact) mass is 406 g/mol. The lowest BCUT2D eigenvalue weighted by molar-refractivity contribution is -0.130. The molecule has 7 nitrogen and oxygen atoms in total. The Morgan fingerprint density at radius 1 is 1.26 bits per heavy atom. The van der Waals surface area contributed by atoms with E-state index >= 15 is 0 Å². The summed E-state index contributed by atoms with van der Waals surface area (Å²) < 4.78 is 1.61. The number of hydrogen-bond donors (Lipinski definition) is 1. The maximum atomic E-state index is 12.6. The summed E-state index contributed by atoms with van der Waals surface area (Å²) in [6.45, 7) is 4.24. The van der Waals surface area contributed by atoms with Gasteiger partial charge in [0.05, 0.1) is 0 Å². The van der Waals surface area contributed by atoms with Gasteiger partial charge in [0.2, 0.25) is 11.9 Å². The summed E-state index contributed by atoms with van der Waals surface area (Å²) in [5.41, 5.74) is 9.19. The Morgan fingerprint density at radius 3 is 2.70 bits per heavy atom. The highest BCUT2D eigenvalue weighted by Gasteiger charge is 2.16. The molecular weight excluding hydrogens is 387 g/mol. The van der Waals surface area contributed by atoms with Gasteiger partial charge in [0.15, 0.2) is 0 Å². The smallest absolute Gasteiger partial charge is 0.254 e. The number of nitrogens with two attached hydrogens (primary N) is 1. The molecule has 142 valence electrons. The van der Waals surface area contributed by atoms with Gasteiger partial charge in [0.25, 0.3) is 5.78 Å². The van der Waals surface area contributed by atoms with Crippen LogP contribution in [0.15, 0.2) is 18.2 Å². The largest absolute Gasteiger partial charge is 0.366 e.